The molecule has 0 radical (unpaired) electrons. The van der Waals surface area contributed by atoms with Gasteiger partial charge in [-0.05, 0) is 37.5 Å². The van der Waals surface area contributed by atoms with Crippen molar-refractivity contribution in [2.75, 3.05) is 31.2 Å². The number of nitrogens with one attached hydrogen (secondary N) is 1. The molecule has 0 spiro atoms. The van der Waals surface area contributed by atoms with Crippen molar-refractivity contribution in [3.8, 4) is 0 Å². The third-order valence-corrected chi connectivity index (χ3v) is 4.52. The summed E-state index contributed by atoms with van der Waals surface area (Å²) in [6, 6.07) is 4.09. The average Bonchev–Trinajstić information content (AvgIpc) is 3.08. The molecule has 0 bridgehead atoms. The highest BCUT2D eigenvalue weighted by atomic mass is 16.5. The van der Waals surface area contributed by atoms with Crippen molar-refractivity contribution in [1.82, 2.24) is 9.97 Å². The molecule has 1 atom stereocenters. The predicted octanol–water partition coefficient (Wildman–Crippen LogP) is 1.63. The molecule has 21 heavy (non-hydrogen) atoms. The van der Waals surface area contributed by atoms with E-state index in [4.69, 9.17) is 4.74 Å². The molecular formula is C16H19N3O2. The highest BCUT2D eigenvalue weighted by molar-refractivity contribution is 5.84. The third kappa shape index (κ3) is 2.21. The topological polar surface area (TPSA) is 58.2 Å². The quantitative estimate of drug-likeness (QED) is 0.911. The Hall–Kier alpha value is -1.88. The Labute approximate surface area is 122 Å². The fourth-order valence-electron chi connectivity index (χ4n) is 3.43. The minimum atomic E-state index is -0.0450. The fraction of sp³-hybridized carbons (Fsp3) is 0.500. The summed E-state index contributed by atoms with van der Waals surface area (Å²) < 4.78 is 5.47. The molecule has 5 nitrogen and oxygen atoms in total. The normalized spacial score (nSPS) is 21.2. The second kappa shape index (κ2) is 4.84. The Balaban J connectivity index is 1.74. The van der Waals surface area contributed by atoms with Crippen LogP contribution in [0.3, 0.4) is 0 Å². The third-order valence-electron chi connectivity index (χ3n) is 4.52. The molecule has 1 aromatic carbocycles. The van der Waals surface area contributed by atoms with E-state index in [1.807, 2.05) is 13.0 Å². The number of fused-ring (bicyclic) bond motifs is 2. The molecule has 2 aromatic rings. The number of ether oxygens (including phenoxy) is 1. The zero-order valence-electron chi connectivity index (χ0n) is 12.2. The Kier molecular flexibility index (Phi) is 2.96. The predicted molar refractivity (Wildman–Crippen MR) is 81.9 cm³/mol. The number of anilines is 1. The number of nitrogens with zero attached hydrogens (tertiary/aromatic N) is 2. The monoisotopic (exact) mass is 285 g/mol. The Morgan fingerprint density at radius 2 is 2.38 bits per heavy atom. The number of aromatic amines is 1. The van der Waals surface area contributed by atoms with Crippen LogP contribution in [-0.2, 0) is 11.2 Å². The maximum Gasteiger partial charge on any atom is 0.258 e. The molecule has 110 valence electrons. The maximum absolute atomic E-state index is 12.1. The molecular weight excluding hydrogens is 266 g/mol. The first-order chi connectivity index (χ1) is 10.2. The first kappa shape index (κ1) is 12.8. The lowest BCUT2D eigenvalue weighted by molar-refractivity contribution is 0.186. The van der Waals surface area contributed by atoms with Gasteiger partial charge in [0.1, 0.15) is 5.82 Å². The van der Waals surface area contributed by atoms with Gasteiger partial charge in [0.2, 0.25) is 0 Å². The van der Waals surface area contributed by atoms with E-state index >= 15 is 0 Å². The van der Waals surface area contributed by atoms with E-state index in [1.165, 1.54) is 11.3 Å². The summed E-state index contributed by atoms with van der Waals surface area (Å²) in [6.07, 6.45) is 2.17. The van der Waals surface area contributed by atoms with Crippen LogP contribution < -0.4 is 10.5 Å². The summed E-state index contributed by atoms with van der Waals surface area (Å²) in [7, 11) is 0. The first-order valence-corrected chi connectivity index (χ1v) is 7.57. The molecule has 3 heterocycles. The molecule has 5 heteroatoms. The van der Waals surface area contributed by atoms with Crippen LogP contribution in [0.25, 0.3) is 10.9 Å². The second-order valence-corrected chi connectivity index (χ2v) is 6.08. The van der Waals surface area contributed by atoms with Crippen molar-refractivity contribution in [3.63, 3.8) is 0 Å². The number of aryl methyl sites for hydroxylation is 1. The van der Waals surface area contributed by atoms with Gasteiger partial charge >= 0.3 is 0 Å². The van der Waals surface area contributed by atoms with Crippen molar-refractivity contribution >= 4 is 16.6 Å². The fourth-order valence-corrected chi connectivity index (χ4v) is 3.43. The zero-order valence-corrected chi connectivity index (χ0v) is 12.2. The molecule has 0 amide bonds. The minimum Gasteiger partial charge on any atom is -0.381 e. The molecule has 1 N–H and O–H groups in total. The largest absolute Gasteiger partial charge is 0.381 e. The summed E-state index contributed by atoms with van der Waals surface area (Å²) in [5.74, 6) is 1.28. The molecule has 4 rings (SSSR count). The lowest BCUT2D eigenvalue weighted by Crippen LogP contribution is -2.28. The van der Waals surface area contributed by atoms with Gasteiger partial charge in [-0.3, -0.25) is 4.79 Å². The standard InChI is InChI=1S/C16H19N3O2/c1-10-17-14-6-12-2-4-19(8-11-3-5-21-9-11)15(12)7-13(14)16(20)18-10/h6-7,11H,2-5,8-9H2,1H3,(H,17,18,20). The average molecular weight is 285 g/mol. The van der Waals surface area contributed by atoms with Gasteiger partial charge in [0.25, 0.3) is 5.56 Å². The Morgan fingerprint density at radius 3 is 3.19 bits per heavy atom. The van der Waals surface area contributed by atoms with Gasteiger partial charge in [-0.15, -0.1) is 0 Å². The van der Waals surface area contributed by atoms with Gasteiger partial charge in [0, 0.05) is 31.3 Å². The molecule has 0 aliphatic carbocycles. The summed E-state index contributed by atoms with van der Waals surface area (Å²) in [5.41, 5.74) is 3.27. The second-order valence-electron chi connectivity index (χ2n) is 6.08. The highest BCUT2D eigenvalue weighted by Gasteiger charge is 2.25. The van der Waals surface area contributed by atoms with E-state index in [0.29, 0.717) is 17.1 Å². The van der Waals surface area contributed by atoms with Crippen molar-refractivity contribution in [2.45, 2.75) is 19.8 Å². The van der Waals surface area contributed by atoms with Crippen LogP contribution in [-0.4, -0.2) is 36.3 Å². The van der Waals surface area contributed by atoms with Crippen LogP contribution in [0.5, 0.6) is 0 Å². The molecule has 1 unspecified atom stereocenters. The van der Waals surface area contributed by atoms with Crippen LogP contribution in [0.2, 0.25) is 0 Å². The molecule has 1 aromatic heterocycles. The van der Waals surface area contributed by atoms with Crippen LogP contribution >= 0.6 is 0 Å². The van der Waals surface area contributed by atoms with E-state index < -0.39 is 0 Å². The van der Waals surface area contributed by atoms with Crippen LogP contribution in [0, 0.1) is 12.8 Å². The summed E-state index contributed by atoms with van der Waals surface area (Å²) in [4.78, 5) is 21.7. The molecule has 1 fully saturated rings. The van der Waals surface area contributed by atoms with Gasteiger partial charge in [-0.2, -0.15) is 0 Å². The number of benzene rings is 1. The summed E-state index contributed by atoms with van der Waals surface area (Å²) >= 11 is 0. The summed E-state index contributed by atoms with van der Waals surface area (Å²) in [6.45, 7) is 5.61. The van der Waals surface area contributed by atoms with Crippen LogP contribution in [0.1, 0.15) is 17.8 Å². The Morgan fingerprint density at radius 1 is 1.48 bits per heavy atom. The number of H-pyrrole nitrogens is 1. The van der Waals surface area contributed by atoms with Gasteiger partial charge in [-0.25, -0.2) is 4.98 Å². The van der Waals surface area contributed by atoms with Gasteiger partial charge < -0.3 is 14.6 Å². The molecule has 2 aliphatic heterocycles. The highest BCUT2D eigenvalue weighted by Crippen LogP contribution is 2.32. The molecule has 2 aliphatic rings. The number of hydrogen-bond donors (Lipinski definition) is 1. The van der Waals surface area contributed by atoms with Gasteiger partial charge in [-0.1, -0.05) is 0 Å². The van der Waals surface area contributed by atoms with Crippen molar-refractivity contribution < 1.29 is 4.74 Å². The van der Waals surface area contributed by atoms with E-state index in [1.54, 1.807) is 0 Å². The number of aromatic nitrogens is 2. The molecule has 1 saturated heterocycles. The van der Waals surface area contributed by atoms with E-state index in [9.17, 15) is 4.79 Å². The number of rotatable bonds is 2. The molecule has 0 saturated carbocycles. The summed E-state index contributed by atoms with van der Waals surface area (Å²) in [5, 5.41) is 0.689. The lowest BCUT2D eigenvalue weighted by Gasteiger charge is -2.22. The first-order valence-electron chi connectivity index (χ1n) is 7.57. The Bertz CT molecular complexity index is 747. The maximum atomic E-state index is 12.1. The van der Waals surface area contributed by atoms with E-state index in [-0.39, 0.29) is 5.56 Å². The lowest BCUT2D eigenvalue weighted by atomic mass is 10.1. The van der Waals surface area contributed by atoms with Crippen molar-refractivity contribution in [3.05, 3.63) is 33.9 Å². The minimum absolute atomic E-state index is 0.0450. The zero-order chi connectivity index (χ0) is 14.4. The van der Waals surface area contributed by atoms with Crippen LogP contribution in [0.4, 0.5) is 5.69 Å². The van der Waals surface area contributed by atoms with Gasteiger partial charge in [0.05, 0.1) is 17.5 Å². The van der Waals surface area contributed by atoms with Crippen molar-refractivity contribution in [2.24, 2.45) is 5.92 Å². The number of hydrogen-bond acceptors (Lipinski definition) is 4. The van der Waals surface area contributed by atoms with E-state index in [2.05, 4.69) is 20.9 Å². The van der Waals surface area contributed by atoms with Gasteiger partial charge in [0.15, 0.2) is 0 Å². The smallest absolute Gasteiger partial charge is 0.258 e. The van der Waals surface area contributed by atoms with E-state index in [0.717, 1.165) is 44.7 Å². The SMILES string of the molecule is Cc1nc2cc3c(cc2c(=O)[nH]1)N(CC1CCOC1)CC3. The van der Waals surface area contributed by atoms with Crippen LogP contribution in [0.15, 0.2) is 16.9 Å². The van der Waals surface area contributed by atoms with Crippen molar-refractivity contribution in [1.29, 1.82) is 0 Å².